The van der Waals surface area contributed by atoms with Crippen LogP contribution in [0.4, 0.5) is 32.2 Å². The number of hydrogen-bond donors (Lipinski definition) is 1. The van der Waals surface area contributed by atoms with E-state index in [4.69, 9.17) is 5.84 Å². The molecule has 2 heterocycles. The number of halogens is 6. The van der Waals surface area contributed by atoms with Gasteiger partial charge in [-0.2, -0.15) is 26.3 Å². The van der Waals surface area contributed by atoms with Crippen LogP contribution in [0.3, 0.4) is 0 Å². The monoisotopic (exact) mass is 443 g/mol. The molecule has 0 radical (unpaired) electrons. The maximum Gasteiger partial charge on any atom is 0.416 e. The number of carbonyl (C=O) groups is 1. The van der Waals surface area contributed by atoms with Crippen LogP contribution >= 0.6 is 0 Å². The number of nitrogens with zero attached hydrogens (tertiary/aromatic N) is 6. The maximum absolute atomic E-state index is 13.0. The van der Waals surface area contributed by atoms with Crippen molar-refractivity contribution in [2.45, 2.75) is 12.4 Å². The smallest absolute Gasteiger partial charge is 0.268 e. The van der Waals surface area contributed by atoms with Crippen molar-refractivity contribution in [2.75, 3.05) is 5.01 Å². The van der Waals surface area contributed by atoms with Gasteiger partial charge in [-0.25, -0.2) is 25.5 Å². The molecule has 31 heavy (non-hydrogen) atoms. The Balaban J connectivity index is 1.86. The minimum Gasteiger partial charge on any atom is -0.268 e. The molecule has 162 valence electrons. The quantitative estimate of drug-likeness (QED) is 0.219. The van der Waals surface area contributed by atoms with Crippen molar-refractivity contribution in [3.8, 4) is 11.4 Å². The molecule has 14 heteroatoms. The lowest BCUT2D eigenvalue weighted by Crippen LogP contribution is -2.36. The number of carbonyl (C=O) groups excluding carboxylic acids is 1. The lowest BCUT2D eigenvalue weighted by Gasteiger charge is -2.13. The molecule has 0 fully saturated rings. The highest BCUT2D eigenvalue weighted by Gasteiger charge is 2.37. The number of hydrogen-bond acceptors (Lipinski definition) is 6. The first-order valence-electron chi connectivity index (χ1n) is 8.19. The molecule has 1 amide bonds. The summed E-state index contributed by atoms with van der Waals surface area (Å²) in [5.74, 6) is 4.46. The molecule has 2 aromatic heterocycles. The number of alkyl halides is 6. The number of benzene rings is 1. The first-order valence-corrected chi connectivity index (χ1v) is 8.19. The Labute approximate surface area is 169 Å². The van der Waals surface area contributed by atoms with E-state index < -0.39 is 40.8 Å². The van der Waals surface area contributed by atoms with Gasteiger partial charge in [0.25, 0.3) is 5.91 Å². The Morgan fingerprint density at radius 3 is 2.19 bits per heavy atom. The second kappa shape index (κ2) is 8.14. The summed E-state index contributed by atoms with van der Waals surface area (Å²) in [6.07, 6.45) is -3.10. The molecule has 0 saturated heterocycles. The van der Waals surface area contributed by atoms with Gasteiger partial charge in [0.2, 0.25) is 0 Å². The molecule has 8 nitrogen and oxygen atoms in total. The normalized spacial score (nSPS) is 12.4. The van der Waals surface area contributed by atoms with Gasteiger partial charge in [-0.1, -0.05) is 0 Å². The third-order valence-corrected chi connectivity index (χ3v) is 3.76. The van der Waals surface area contributed by atoms with Crippen LogP contribution in [0.1, 0.15) is 11.1 Å². The van der Waals surface area contributed by atoms with Crippen LogP contribution in [0.5, 0.6) is 0 Å². The highest BCUT2D eigenvalue weighted by molar-refractivity contribution is 6.01. The van der Waals surface area contributed by atoms with E-state index >= 15 is 0 Å². The lowest BCUT2D eigenvalue weighted by molar-refractivity contribution is -0.143. The molecule has 1 aromatic carbocycles. The zero-order chi connectivity index (χ0) is 22.8. The van der Waals surface area contributed by atoms with E-state index in [1.807, 2.05) is 0 Å². The molecule has 0 spiro atoms. The summed E-state index contributed by atoms with van der Waals surface area (Å²) in [5, 5.41) is 4.45. The average molecular weight is 443 g/mol. The van der Waals surface area contributed by atoms with Crippen LogP contribution in [0.25, 0.3) is 17.6 Å². The number of amides is 1. The summed E-state index contributed by atoms with van der Waals surface area (Å²) in [6, 6.07) is 1.00. The second-order valence-electron chi connectivity index (χ2n) is 5.93. The SMILES string of the molecule is NN(C(=O)/C=C/n1cnc(-c2cc(C(F)(F)F)cc(C(F)(F)F)c2)n1)c1cnccn1. The number of rotatable bonds is 4. The van der Waals surface area contributed by atoms with Gasteiger partial charge in [0, 0.05) is 30.2 Å². The number of nitrogens with two attached hydrogens (primary N) is 1. The standard InChI is InChI=1S/C17H11F6N7O/c18-16(19,20)11-5-10(6-12(7-11)17(21,22)23)15-27-9-29(28-15)4-1-14(31)30(24)13-8-25-2-3-26-13/h1-9H,24H2/b4-1+. The van der Waals surface area contributed by atoms with E-state index in [1.165, 1.54) is 18.6 Å². The molecule has 3 aromatic rings. The van der Waals surface area contributed by atoms with Crippen LogP contribution < -0.4 is 10.9 Å². The van der Waals surface area contributed by atoms with E-state index in [-0.39, 0.29) is 11.9 Å². The Morgan fingerprint density at radius 1 is 1.00 bits per heavy atom. The summed E-state index contributed by atoms with van der Waals surface area (Å²) in [7, 11) is 0. The van der Waals surface area contributed by atoms with Crippen molar-refractivity contribution in [1.82, 2.24) is 24.7 Å². The van der Waals surface area contributed by atoms with Crippen LogP contribution in [0.15, 0.2) is 49.2 Å². The molecular weight excluding hydrogens is 432 g/mol. The number of aromatic nitrogens is 5. The Bertz CT molecular complexity index is 1080. The minimum atomic E-state index is -5.00. The van der Waals surface area contributed by atoms with Crippen molar-refractivity contribution in [3.05, 3.63) is 60.3 Å². The zero-order valence-corrected chi connectivity index (χ0v) is 15.1. The van der Waals surface area contributed by atoms with Crippen molar-refractivity contribution in [1.29, 1.82) is 0 Å². The van der Waals surface area contributed by atoms with Crippen molar-refractivity contribution in [3.63, 3.8) is 0 Å². The third-order valence-electron chi connectivity index (χ3n) is 3.76. The minimum absolute atomic E-state index is 0.00136. The Kier molecular flexibility index (Phi) is 5.75. The van der Waals surface area contributed by atoms with E-state index in [2.05, 4.69) is 20.1 Å². The summed E-state index contributed by atoms with van der Waals surface area (Å²) < 4.78 is 78.9. The first-order chi connectivity index (χ1) is 14.4. The van der Waals surface area contributed by atoms with Crippen LogP contribution in [-0.2, 0) is 17.1 Å². The van der Waals surface area contributed by atoms with Crippen molar-refractivity contribution in [2.24, 2.45) is 5.84 Å². The molecule has 0 aliphatic carbocycles. The molecule has 0 unspecified atom stereocenters. The molecule has 2 N–H and O–H groups in total. The largest absolute Gasteiger partial charge is 0.416 e. The highest BCUT2D eigenvalue weighted by atomic mass is 19.4. The fourth-order valence-electron chi connectivity index (χ4n) is 2.31. The summed E-state index contributed by atoms with van der Waals surface area (Å²) in [4.78, 5) is 23.3. The van der Waals surface area contributed by atoms with E-state index in [0.717, 1.165) is 23.3 Å². The zero-order valence-electron chi connectivity index (χ0n) is 15.1. The van der Waals surface area contributed by atoms with Gasteiger partial charge < -0.3 is 0 Å². The average Bonchev–Trinajstić information content (AvgIpc) is 3.19. The van der Waals surface area contributed by atoms with Gasteiger partial charge in [-0.15, -0.1) is 5.10 Å². The molecule has 0 atom stereocenters. The number of hydrazine groups is 1. The van der Waals surface area contributed by atoms with E-state index in [0.29, 0.717) is 17.1 Å². The van der Waals surface area contributed by atoms with E-state index in [9.17, 15) is 31.1 Å². The fourth-order valence-corrected chi connectivity index (χ4v) is 2.31. The summed E-state index contributed by atoms with van der Waals surface area (Å²) >= 11 is 0. The van der Waals surface area contributed by atoms with Gasteiger partial charge in [-0.3, -0.25) is 9.78 Å². The molecule has 3 rings (SSSR count). The van der Waals surface area contributed by atoms with Crippen molar-refractivity contribution < 1.29 is 31.1 Å². The molecular formula is C17H11F6N7O. The Hall–Kier alpha value is -3.81. The number of anilines is 1. The van der Waals surface area contributed by atoms with Gasteiger partial charge in [0.15, 0.2) is 11.6 Å². The van der Waals surface area contributed by atoms with Gasteiger partial charge in [0.1, 0.15) is 6.33 Å². The van der Waals surface area contributed by atoms with Crippen LogP contribution in [0.2, 0.25) is 0 Å². The van der Waals surface area contributed by atoms with Crippen LogP contribution in [0, 0.1) is 0 Å². The Morgan fingerprint density at radius 2 is 1.65 bits per heavy atom. The van der Waals surface area contributed by atoms with Gasteiger partial charge >= 0.3 is 12.4 Å². The topological polar surface area (TPSA) is 103 Å². The first kappa shape index (κ1) is 21.9. The highest BCUT2D eigenvalue weighted by Crippen LogP contribution is 2.38. The van der Waals surface area contributed by atoms with Gasteiger partial charge in [-0.05, 0) is 18.2 Å². The van der Waals surface area contributed by atoms with Crippen molar-refractivity contribution >= 4 is 17.9 Å². The van der Waals surface area contributed by atoms with Crippen LogP contribution in [-0.4, -0.2) is 30.6 Å². The summed E-state index contributed by atoms with van der Waals surface area (Å²) in [6.45, 7) is 0. The summed E-state index contributed by atoms with van der Waals surface area (Å²) in [5.41, 5.74) is -3.50. The molecule has 0 bridgehead atoms. The fraction of sp³-hybridized carbons (Fsp3) is 0.118. The van der Waals surface area contributed by atoms with E-state index in [1.54, 1.807) is 0 Å². The lowest BCUT2D eigenvalue weighted by atomic mass is 10.0. The second-order valence-corrected chi connectivity index (χ2v) is 5.93. The third kappa shape index (κ3) is 5.22. The van der Waals surface area contributed by atoms with Gasteiger partial charge in [0.05, 0.1) is 17.3 Å². The predicted molar refractivity (Wildman–Crippen MR) is 94.5 cm³/mol. The predicted octanol–water partition coefficient (Wildman–Crippen LogP) is 3.15. The molecule has 0 aliphatic heterocycles. The molecule has 0 saturated carbocycles. The molecule has 0 aliphatic rings. The maximum atomic E-state index is 13.0.